The molecule has 1 aliphatic rings. The molecule has 0 aliphatic carbocycles. The molecule has 0 bridgehead atoms. The van der Waals surface area contributed by atoms with Crippen LogP contribution in [0.4, 0.5) is 5.69 Å². The van der Waals surface area contributed by atoms with E-state index in [1.54, 1.807) is 4.90 Å². The van der Waals surface area contributed by atoms with Crippen molar-refractivity contribution in [2.24, 2.45) is 0 Å². The molecule has 0 aromatic heterocycles. The second-order valence-electron chi connectivity index (χ2n) is 6.10. The quantitative estimate of drug-likeness (QED) is 0.744. The number of carbonyl (C=O) groups excluding carboxylic acids is 1. The maximum absolute atomic E-state index is 12.2. The number of carbonyl (C=O) groups is 1. The molecule has 1 amide bonds. The van der Waals surface area contributed by atoms with Gasteiger partial charge in [-0.3, -0.25) is 9.69 Å². The molecule has 0 spiro atoms. The minimum absolute atomic E-state index is 0.0989. The van der Waals surface area contributed by atoms with E-state index >= 15 is 0 Å². The zero-order valence-corrected chi connectivity index (χ0v) is 14.8. The van der Waals surface area contributed by atoms with Gasteiger partial charge in [-0.05, 0) is 48.3 Å². The fourth-order valence-corrected chi connectivity index (χ4v) is 3.27. The lowest BCUT2D eigenvalue weighted by Gasteiger charge is -2.20. The predicted molar refractivity (Wildman–Crippen MR) is 102 cm³/mol. The lowest BCUT2D eigenvalue weighted by Crippen LogP contribution is -2.33. The molecule has 124 valence electrons. The number of rotatable bonds is 6. The van der Waals surface area contributed by atoms with E-state index in [0.717, 1.165) is 31.5 Å². The minimum Gasteiger partial charge on any atom is -0.309 e. The molecule has 3 rings (SSSR count). The number of hydrogen-bond donors (Lipinski definition) is 0. The average Bonchev–Trinajstić information content (AvgIpc) is 2.89. The lowest BCUT2D eigenvalue weighted by atomic mass is 10.0. The van der Waals surface area contributed by atoms with Crippen molar-refractivity contribution in [3.63, 3.8) is 0 Å². The molecule has 0 saturated carbocycles. The highest BCUT2D eigenvalue weighted by atomic mass is 32.1. The first-order valence-corrected chi connectivity index (χ1v) is 8.84. The van der Waals surface area contributed by atoms with Crippen molar-refractivity contribution in [3.8, 4) is 0 Å². The number of anilines is 1. The van der Waals surface area contributed by atoms with E-state index in [-0.39, 0.29) is 5.91 Å². The van der Waals surface area contributed by atoms with Gasteiger partial charge in [0.25, 0.3) is 0 Å². The van der Waals surface area contributed by atoms with Crippen LogP contribution in [0, 0.1) is 0 Å². The Morgan fingerprint density at radius 1 is 1.00 bits per heavy atom. The zero-order chi connectivity index (χ0) is 16.9. The van der Waals surface area contributed by atoms with E-state index in [9.17, 15) is 4.79 Å². The van der Waals surface area contributed by atoms with Crippen LogP contribution in [0.5, 0.6) is 0 Å². The maximum Gasteiger partial charge on any atom is 0.248 e. The van der Waals surface area contributed by atoms with E-state index in [1.807, 2.05) is 11.0 Å². The molecule has 24 heavy (non-hydrogen) atoms. The summed E-state index contributed by atoms with van der Waals surface area (Å²) in [6, 6.07) is 18.8. The Morgan fingerprint density at radius 2 is 1.67 bits per heavy atom. The van der Waals surface area contributed by atoms with Crippen molar-refractivity contribution < 1.29 is 4.79 Å². The van der Waals surface area contributed by atoms with Crippen LogP contribution in [0.25, 0.3) is 0 Å². The average molecular weight is 338 g/mol. The highest BCUT2D eigenvalue weighted by Gasteiger charge is 2.32. The summed E-state index contributed by atoms with van der Waals surface area (Å²) in [5.41, 5.74) is 3.54. The molecule has 0 N–H and O–H groups in total. The summed E-state index contributed by atoms with van der Waals surface area (Å²) in [6.45, 7) is 3.18. The molecule has 4 heteroatoms. The van der Waals surface area contributed by atoms with Gasteiger partial charge in [0.2, 0.25) is 5.91 Å². The van der Waals surface area contributed by atoms with E-state index in [4.69, 9.17) is 12.2 Å². The molecule has 1 aliphatic heterocycles. The van der Waals surface area contributed by atoms with Crippen LogP contribution in [0.1, 0.15) is 30.9 Å². The summed E-state index contributed by atoms with van der Waals surface area (Å²) >= 11 is 5.50. The third-order valence-electron chi connectivity index (χ3n) is 4.29. The molecule has 0 unspecified atom stereocenters. The van der Waals surface area contributed by atoms with Crippen molar-refractivity contribution in [1.29, 1.82) is 0 Å². The maximum atomic E-state index is 12.2. The lowest BCUT2D eigenvalue weighted by molar-refractivity contribution is -0.124. The number of nitrogens with zero attached hydrogens (tertiary/aromatic N) is 2. The van der Waals surface area contributed by atoms with Gasteiger partial charge in [0.1, 0.15) is 6.54 Å². The Hall–Kier alpha value is -2.20. The molecule has 1 saturated heterocycles. The molecular weight excluding hydrogens is 316 g/mol. The molecule has 1 heterocycles. The standard InChI is InChI=1S/C20H22N2OS/c1-2-3-13-21-19(23)15-22(20(21)24)18-11-9-17(10-12-18)14-16-7-5-4-6-8-16/h4-12H,2-3,13-15H2,1H3. The van der Waals surface area contributed by atoms with Crippen molar-refractivity contribution in [2.45, 2.75) is 26.2 Å². The minimum atomic E-state index is 0.0989. The van der Waals surface area contributed by atoms with Gasteiger partial charge in [-0.25, -0.2) is 0 Å². The van der Waals surface area contributed by atoms with Crippen LogP contribution < -0.4 is 4.90 Å². The molecular formula is C20H22N2OS. The highest BCUT2D eigenvalue weighted by molar-refractivity contribution is 7.80. The van der Waals surface area contributed by atoms with Gasteiger partial charge >= 0.3 is 0 Å². The smallest absolute Gasteiger partial charge is 0.248 e. The summed E-state index contributed by atoms with van der Waals surface area (Å²) in [6.07, 6.45) is 2.95. The molecule has 3 nitrogen and oxygen atoms in total. The largest absolute Gasteiger partial charge is 0.309 e. The Labute approximate surface area is 148 Å². The number of unbranched alkanes of at least 4 members (excludes halogenated alkanes) is 1. The first kappa shape index (κ1) is 16.7. The third-order valence-corrected chi connectivity index (χ3v) is 4.73. The number of amides is 1. The second kappa shape index (κ2) is 7.58. The molecule has 2 aromatic carbocycles. The zero-order valence-electron chi connectivity index (χ0n) is 13.9. The van der Waals surface area contributed by atoms with E-state index in [0.29, 0.717) is 11.7 Å². The highest BCUT2D eigenvalue weighted by Crippen LogP contribution is 2.23. The fraction of sp³-hybridized carbons (Fsp3) is 0.300. The Bertz CT molecular complexity index is 712. The van der Waals surface area contributed by atoms with E-state index < -0.39 is 0 Å². The van der Waals surface area contributed by atoms with Gasteiger partial charge < -0.3 is 4.90 Å². The Balaban J connectivity index is 1.69. The van der Waals surface area contributed by atoms with Crippen LogP contribution in [-0.4, -0.2) is 29.0 Å². The molecule has 1 fully saturated rings. The topological polar surface area (TPSA) is 23.6 Å². The van der Waals surface area contributed by atoms with Crippen molar-refractivity contribution in [1.82, 2.24) is 4.90 Å². The normalized spacial score (nSPS) is 14.5. The fourth-order valence-electron chi connectivity index (χ4n) is 2.90. The first-order chi connectivity index (χ1) is 11.7. The van der Waals surface area contributed by atoms with Crippen LogP contribution in [-0.2, 0) is 11.2 Å². The molecule has 2 aromatic rings. The van der Waals surface area contributed by atoms with Crippen LogP contribution in [0.3, 0.4) is 0 Å². The van der Waals surface area contributed by atoms with Gasteiger partial charge in [0, 0.05) is 12.2 Å². The monoisotopic (exact) mass is 338 g/mol. The van der Waals surface area contributed by atoms with Crippen LogP contribution in [0.2, 0.25) is 0 Å². The first-order valence-electron chi connectivity index (χ1n) is 8.43. The van der Waals surface area contributed by atoms with E-state index in [2.05, 4.69) is 55.5 Å². The predicted octanol–water partition coefficient (Wildman–Crippen LogP) is 4.01. The Kier molecular flexibility index (Phi) is 5.26. The SMILES string of the molecule is CCCCN1C(=O)CN(c2ccc(Cc3ccccc3)cc2)C1=S. The van der Waals surface area contributed by atoms with Crippen LogP contribution in [0.15, 0.2) is 54.6 Å². The van der Waals surface area contributed by atoms with Crippen LogP contribution >= 0.6 is 12.2 Å². The number of benzene rings is 2. The van der Waals surface area contributed by atoms with Crippen molar-refractivity contribution in [2.75, 3.05) is 18.0 Å². The molecule has 0 radical (unpaired) electrons. The van der Waals surface area contributed by atoms with Gasteiger partial charge in [0.15, 0.2) is 5.11 Å². The second-order valence-corrected chi connectivity index (χ2v) is 6.46. The summed E-state index contributed by atoms with van der Waals surface area (Å²) in [5.74, 6) is 0.0989. The van der Waals surface area contributed by atoms with Gasteiger partial charge in [0.05, 0.1) is 0 Å². The summed E-state index contributed by atoms with van der Waals surface area (Å²) in [7, 11) is 0. The van der Waals surface area contributed by atoms with Crippen molar-refractivity contribution in [3.05, 3.63) is 65.7 Å². The molecule has 0 atom stereocenters. The summed E-state index contributed by atoms with van der Waals surface area (Å²) < 4.78 is 0. The van der Waals surface area contributed by atoms with E-state index in [1.165, 1.54) is 11.1 Å². The van der Waals surface area contributed by atoms with Crippen molar-refractivity contribution >= 4 is 28.9 Å². The van der Waals surface area contributed by atoms with Gasteiger partial charge in [-0.15, -0.1) is 0 Å². The number of hydrogen-bond acceptors (Lipinski definition) is 2. The summed E-state index contributed by atoms with van der Waals surface area (Å²) in [5, 5.41) is 0.629. The number of thiocarbonyl (C=S) groups is 1. The van der Waals surface area contributed by atoms with Gasteiger partial charge in [-0.1, -0.05) is 55.8 Å². The summed E-state index contributed by atoms with van der Waals surface area (Å²) in [4.78, 5) is 15.8. The third kappa shape index (κ3) is 3.65. The Morgan fingerprint density at radius 3 is 2.33 bits per heavy atom. The van der Waals surface area contributed by atoms with Gasteiger partial charge in [-0.2, -0.15) is 0 Å².